The number of aryl methyl sites for hydroxylation is 1. The molecule has 1 aliphatic heterocycles. The fourth-order valence-electron chi connectivity index (χ4n) is 3.77. The van der Waals surface area contributed by atoms with Crippen molar-refractivity contribution < 1.29 is 13.2 Å². The minimum atomic E-state index is -3.60. The molecule has 1 N–H and O–H groups in total. The van der Waals surface area contributed by atoms with Gasteiger partial charge >= 0.3 is 0 Å². The standard InChI is InChI=1S/C23H28N2O3S/c1-16(2)18-10-11-22-19(13-18)6-4-12-25(22)23(26)20-5-3-7-21(14-20)29(27,28)24-15-17-8-9-17/h3,5,7,10-11,13-14,16-17,24H,4,6,8-9,12,15H2,1-2H3. The lowest BCUT2D eigenvalue weighted by atomic mass is 9.94. The number of hydrogen-bond acceptors (Lipinski definition) is 3. The van der Waals surface area contributed by atoms with E-state index in [0.717, 1.165) is 31.4 Å². The van der Waals surface area contributed by atoms with Crippen molar-refractivity contribution in [1.29, 1.82) is 0 Å². The van der Waals surface area contributed by atoms with Gasteiger partial charge in [0.05, 0.1) is 4.90 Å². The highest BCUT2D eigenvalue weighted by molar-refractivity contribution is 7.89. The van der Waals surface area contributed by atoms with Crippen molar-refractivity contribution in [3.8, 4) is 0 Å². The molecule has 0 saturated heterocycles. The fraction of sp³-hybridized carbons (Fsp3) is 0.435. The van der Waals surface area contributed by atoms with E-state index in [2.05, 4.69) is 30.7 Å². The van der Waals surface area contributed by atoms with Crippen LogP contribution in [0.1, 0.15) is 60.5 Å². The summed E-state index contributed by atoms with van der Waals surface area (Å²) in [4.78, 5) is 15.2. The van der Waals surface area contributed by atoms with Gasteiger partial charge in [-0.25, -0.2) is 13.1 Å². The van der Waals surface area contributed by atoms with Gasteiger partial charge in [-0.15, -0.1) is 0 Å². The van der Waals surface area contributed by atoms with E-state index in [-0.39, 0.29) is 10.8 Å². The average molecular weight is 413 g/mol. The van der Waals surface area contributed by atoms with Gasteiger partial charge in [0.1, 0.15) is 0 Å². The number of carbonyl (C=O) groups excluding carboxylic acids is 1. The lowest BCUT2D eigenvalue weighted by molar-refractivity contribution is 0.0985. The van der Waals surface area contributed by atoms with Crippen molar-refractivity contribution in [3.05, 3.63) is 59.2 Å². The van der Waals surface area contributed by atoms with Gasteiger partial charge in [-0.1, -0.05) is 32.0 Å². The minimum Gasteiger partial charge on any atom is -0.308 e. The van der Waals surface area contributed by atoms with Gasteiger partial charge in [0.2, 0.25) is 10.0 Å². The molecule has 0 atom stereocenters. The van der Waals surface area contributed by atoms with Gasteiger partial charge in [0, 0.05) is 24.3 Å². The van der Waals surface area contributed by atoms with Crippen LogP contribution in [0.2, 0.25) is 0 Å². The third-order valence-electron chi connectivity index (χ3n) is 5.78. The zero-order valence-electron chi connectivity index (χ0n) is 17.0. The Morgan fingerprint density at radius 1 is 1.17 bits per heavy atom. The Labute approximate surface area is 173 Å². The summed E-state index contributed by atoms with van der Waals surface area (Å²) in [5.41, 5.74) is 3.80. The molecule has 5 nitrogen and oxygen atoms in total. The maximum absolute atomic E-state index is 13.2. The molecule has 2 aromatic rings. The monoisotopic (exact) mass is 412 g/mol. The van der Waals surface area contributed by atoms with E-state index in [0.29, 0.717) is 30.5 Å². The van der Waals surface area contributed by atoms with E-state index in [1.807, 2.05) is 6.07 Å². The van der Waals surface area contributed by atoms with Gasteiger partial charge in [0.15, 0.2) is 0 Å². The van der Waals surface area contributed by atoms with Crippen LogP contribution in [0.4, 0.5) is 5.69 Å². The van der Waals surface area contributed by atoms with Crippen molar-refractivity contribution >= 4 is 21.6 Å². The summed E-state index contributed by atoms with van der Waals surface area (Å²) in [5, 5.41) is 0. The number of carbonyl (C=O) groups is 1. The summed E-state index contributed by atoms with van der Waals surface area (Å²) >= 11 is 0. The number of sulfonamides is 1. The molecule has 0 radical (unpaired) electrons. The number of anilines is 1. The molecule has 1 saturated carbocycles. The topological polar surface area (TPSA) is 66.5 Å². The number of benzene rings is 2. The first-order valence-electron chi connectivity index (χ1n) is 10.4. The molecule has 1 amide bonds. The number of rotatable bonds is 6. The highest BCUT2D eigenvalue weighted by Gasteiger charge is 2.27. The molecule has 0 spiro atoms. The summed E-state index contributed by atoms with van der Waals surface area (Å²) in [7, 11) is -3.60. The molecule has 0 unspecified atom stereocenters. The predicted octanol–water partition coefficient (Wildman–Crippen LogP) is 4.09. The highest BCUT2D eigenvalue weighted by atomic mass is 32.2. The Balaban J connectivity index is 1.59. The van der Waals surface area contributed by atoms with Crippen molar-refractivity contribution in [2.24, 2.45) is 5.92 Å². The molecule has 0 aromatic heterocycles. The quantitative estimate of drug-likeness (QED) is 0.777. The maximum atomic E-state index is 13.2. The van der Waals surface area contributed by atoms with Crippen LogP contribution < -0.4 is 9.62 Å². The van der Waals surface area contributed by atoms with Crippen molar-refractivity contribution in [1.82, 2.24) is 4.72 Å². The number of amides is 1. The second kappa shape index (κ2) is 7.92. The molecule has 2 aliphatic rings. The highest BCUT2D eigenvalue weighted by Crippen LogP contribution is 2.32. The summed E-state index contributed by atoms with van der Waals surface area (Å²) in [6.45, 7) is 5.44. The second-order valence-electron chi connectivity index (χ2n) is 8.43. The zero-order chi connectivity index (χ0) is 20.6. The molecule has 0 bridgehead atoms. The Bertz CT molecular complexity index is 1030. The van der Waals surface area contributed by atoms with Crippen LogP contribution in [0.3, 0.4) is 0 Å². The van der Waals surface area contributed by atoms with E-state index >= 15 is 0 Å². The number of nitrogens with zero attached hydrogens (tertiary/aromatic N) is 1. The maximum Gasteiger partial charge on any atom is 0.258 e. The normalized spacial score (nSPS) is 16.7. The van der Waals surface area contributed by atoms with Gasteiger partial charge < -0.3 is 4.90 Å². The molecule has 4 rings (SSSR count). The van der Waals surface area contributed by atoms with Crippen molar-refractivity contribution in [3.63, 3.8) is 0 Å². The smallest absolute Gasteiger partial charge is 0.258 e. The molecule has 1 fully saturated rings. The lowest BCUT2D eigenvalue weighted by Crippen LogP contribution is -2.35. The number of nitrogens with one attached hydrogen (secondary N) is 1. The molecular weight excluding hydrogens is 384 g/mol. The first-order valence-corrected chi connectivity index (χ1v) is 11.9. The first kappa shape index (κ1) is 20.1. The van der Waals surface area contributed by atoms with Gasteiger partial charge in [-0.2, -0.15) is 0 Å². The Hall–Kier alpha value is -2.18. The largest absolute Gasteiger partial charge is 0.308 e. The van der Waals surface area contributed by atoms with Crippen LogP contribution in [0.5, 0.6) is 0 Å². The van der Waals surface area contributed by atoms with Crippen molar-refractivity contribution in [2.75, 3.05) is 18.0 Å². The molecule has 6 heteroatoms. The van der Waals surface area contributed by atoms with E-state index in [1.165, 1.54) is 17.2 Å². The molecule has 2 aromatic carbocycles. The molecule has 154 valence electrons. The minimum absolute atomic E-state index is 0.149. The third kappa shape index (κ3) is 4.38. The predicted molar refractivity (Wildman–Crippen MR) is 115 cm³/mol. The second-order valence-corrected chi connectivity index (χ2v) is 10.2. The van der Waals surface area contributed by atoms with E-state index in [4.69, 9.17) is 0 Å². The summed E-state index contributed by atoms with van der Waals surface area (Å²) in [6, 6.07) is 12.7. The molecule has 1 heterocycles. The SMILES string of the molecule is CC(C)c1ccc2c(c1)CCCN2C(=O)c1cccc(S(=O)(=O)NCC2CC2)c1. The summed E-state index contributed by atoms with van der Waals surface area (Å²) < 4.78 is 27.8. The van der Waals surface area contributed by atoms with Crippen LogP contribution >= 0.6 is 0 Å². The van der Waals surface area contributed by atoms with Crippen LogP contribution in [0.25, 0.3) is 0 Å². The Kier molecular flexibility index (Phi) is 5.49. The van der Waals surface area contributed by atoms with Crippen LogP contribution in [-0.4, -0.2) is 27.4 Å². The van der Waals surface area contributed by atoms with Crippen molar-refractivity contribution in [2.45, 2.75) is 50.3 Å². The zero-order valence-corrected chi connectivity index (χ0v) is 17.8. The van der Waals surface area contributed by atoms with Gasteiger partial charge in [0.25, 0.3) is 5.91 Å². The molecule has 29 heavy (non-hydrogen) atoms. The Morgan fingerprint density at radius 3 is 2.69 bits per heavy atom. The number of fused-ring (bicyclic) bond motifs is 1. The number of hydrogen-bond donors (Lipinski definition) is 1. The first-order chi connectivity index (χ1) is 13.8. The third-order valence-corrected chi connectivity index (χ3v) is 7.21. The average Bonchev–Trinajstić information content (AvgIpc) is 3.55. The molecular formula is C23H28N2O3S. The lowest BCUT2D eigenvalue weighted by Gasteiger charge is -2.30. The van der Waals surface area contributed by atoms with E-state index < -0.39 is 10.0 Å². The fourth-order valence-corrected chi connectivity index (χ4v) is 4.93. The van der Waals surface area contributed by atoms with Gasteiger partial charge in [-0.3, -0.25) is 4.79 Å². The van der Waals surface area contributed by atoms with Crippen LogP contribution in [0.15, 0.2) is 47.4 Å². The van der Waals surface area contributed by atoms with Gasteiger partial charge in [-0.05, 0) is 72.9 Å². The van der Waals surface area contributed by atoms with Crippen LogP contribution in [0, 0.1) is 5.92 Å². The summed E-state index contributed by atoms with van der Waals surface area (Å²) in [6.07, 6.45) is 4.02. The summed E-state index contributed by atoms with van der Waals surface area (Å²) in [5.74, 6) is 0.745. The van der Waals surface area contributed by atoms with E-state index in [9.17, 15) is 13.2 Å². The molecule has 1 aliphatic carbocycles. The van der Waals surface area contributed by atoms with E-state index in [1.54, 1.807) is 23.1 Å². The Morgan fingerprint density at radius 2 is 1.97 bits per heavy atom. The van der Waals surface area contributed by atoms with Crippen LogP contribution in [-0.2, 0) is 16.4 Å².